The minimum absolute atomic E-state index is 0. The average Bonchev–Trinajstić information content (AvgIpc) is 3.11. The summed E-state index contributed by atoms with van der Waals surface area (Å²) in [6, 6.07) is 42.0. The maximum Gasteiger partial charge on any atom is 0.0970 e. The van der Waals surface area contributed by atoms with Gasteiger partial charge in [0, 0.05) is 50.5 Å². The van der Waals surface area contributed by atoms with Crippen LogP contribution in [0.4, 0.5) is 0 Å². The molecule has 0 spiro atoms. The van der Waals surface area contributed by atoms with E-state index in [0.29, 0.717) is 0 Å². The molecule has 4 aromatic carbocycles. The second-order valence-corrected chi connectivity index (χ2v) is 14.4. The van der Waals surface area contributed by atoms with Gasteiger partial charge >= 0.3 is 0 Å². The topological polar surface area (TPSA) is 51.6 Å². The molecule has 0 saturated heterocycles. The molecule has 0 aliphatic rings. The van der Waals surface area contributed by atoms with Gasteiger partial charge < -0.3 is 9.97 Å². The minimum atomic E-state index is 0. The number of fused-ring (bicyclic) bond motifs is 1. The second-order valence-electron chi connectivity index (χ2n) is 14.4. The fourth-order valence-electron chi connectivity index (χ4n) is 5.74. The summed E-state index contributed by atoms with van der Waals surface area (Å²) < 4.78 is 0. The first-order valence-corrected chi connectivity index (χ1v) is 16.7. The van der Waals surface area contributed by atoms with Gasteiger partial charge in [0.15, 0.2) is 0 Å². The Morgan fingerprint density at radius 1 is 0.480 bits per heavy atom. The Labute approximate surface area is 310 Å². The van der Waals surface area contributed by atoms with Gasteiger partial charge in [-0.25, -0.2) is 0 Å². The summed E-state index contributed by atoms with van der Waals surface area (Å²) >= 11 is 0. The van der Waals surface area contributed by atoms with E-state index in [9.17, 15) is 0 Å². The Kier molecular flexibility index (Phi) is 11.2. The Balaban J connectivity index is 0.000000291. The Morgan fingerprint density at radius 2 is 1.08 bits per heavy atom. The zero-order valence-electron chi connectivity index (χ0n) is 29.7. The number of nitrogens with zero attached hydrogens (tertiary/aromatic N) is 4. The molecule has 1 radical (unpaired) electrons. The van der Waals surface area contributed by atoms with E-state index >= 15 is 0 Å². The summed E-state index contributed by atoms with van der Waals surface area (Å²) in [5, 5.41) is 0. The molecule has 0 bridgehead atoms. The number of hydrogen-bond donors (Lipinski definition) is 0. The van der Waals surface area contributed by atoms with Crippen LogP contribution in [-0.2, 0) is 30.9 Å². The molecule has 0 aliphatic carbocycles. The molecule has 0 unspecified atom stereocenters. The third-order valence-corrected chi connectivity index (χ3v) is 8.58. The third-order valence-electron chi connectivity index (χ3n) is 8.58. The molecule has 7 aromatic rings. The smallest absolute Gasteiger partial charge is 0.0970 e. The van der Waals surface area contributed by atoms with E-state index < -0.39 is 0 Å². The van der Waals surface area contributed by atoms with Crippen molar-refractivity contribution in [3.63, 3.8) is 0 Å². The van der Waals surface area contributed by atoms with Crippen molar-refractivity contribution in [2.45, 2.75) is 59.3 Å². The van der Waals surface area contributed by atoms with Crippen LogP contribution in [0.1, 0.15) is 58.2 Å². The minimum Gasteiger partial charge on any atom is -0.305 e. The molecule has 50 heavy (non-hydrogen) atoms. The van der Waals surface area contributed by atoms with E-state index in [2.05, 4.69) is 137 Å². The normalized spacial score (nSPS) is 11.3. The number of pyridine rings is 2. The predicted octanol–water partition coefficient (Wildman–Crippen LogP) is 11.3. The van der Waals surface area contributed by atoms with Crippen molar-refractivity contribution in [3.8, 4) is 44.8 Å². The SMILES string of the molecule is CC(C)(C)c1cccc(-c2ccc(-c3cc[c-]c(-c4cc(C(C)(C)C)ccn4)c3)c3nccnc23)c1.Cc1ccnc(-c2[c-]cccc2)c1.[Ir]. The van der Waals surface area contributed by atoms with Gasteiger partial charge in [0.05, 0.1) is 11.0 Å². The number of aryl methyl sites for hydroxylation is 1. The predicted molar refractivity (Wildman–Crippen MR) is 203 cm³/mol. The molecule has 0 amide bonds. The molecule has 3 heterocycles. The zero-order valence-corrected chi connectivity index (χ0v) is 32.1. The Morgan fingerprint density at radius 3 is 1.70 bits per heavy atom. The van der Waals surface area contributed by atoms with E-state index in [1.54, 1.807) is 12.4 Å². The first-order chi connectivity index (χ1) is 23.5. The largest absolute Gasteiger partial charge is 0.305 e. The molecule has 4 nitrogen and oxygen atoms in total. The maximum atomic E-state index is 4.78. The van der Waals surface area contributed by atoms with Gasteiger partial charge in [0.25, 0.3) is 0 Å². The van der Waals surface area contributed by atoms with Gasteiger partial charge in [0.2, 0.25) is 0 Å². The summed E-state index contributed by atoms with van der Waals surface area (Å²) in [6.45, 7) is 15.4. The Hall–Kier alpha value is -4.83. The van der Waals surface area contributed by atoms with Crippen molar-refractivity contribution >= 4 is 11.0 Å². The first-order valence-electron chi connectivity index (χ1n) is 16.7. The number of aromatic nitrogens is 4. The molecule has 3 aromatic heterocycles. The third kappa shape index (κ3) is 8.48. The monoisotopic (exact) mass is 831 g/mol. The quantitative estimate of drug-likeness (QED) is 0.166. The molecular weight excluding hydrogens is 789 g/mol. The van der Waals surface area contributed by atoms with Crippen LogP contribution in [0.15, 0.2) is 128 Å². The molecule has 253 valence electrons. The number of benzene rings is 4. The number of hydrogen-bond acceptors (Lipinski definition) is 4. The van der Waals surface area contributed by atoms with Gasteiger partial charge in [-0.2, -0.15) is 0 Å². The van der Waals surface area contributed by atoms with E-state index in [1.807, 2.05) is 48.8 Å². The van der Waals surface area contributed by atoms with Crippen LogP contribution in [-0.4, -0.2) is 19.9 Å². The summed E-state index contributed by atoms with van der Waals surface area (Å²) in [5.74, 6) is 0. The molecule has 0 fully saturated rings. The fraction of sp³-hybridized carbons (Fsp3) is 0.200. The summed E-state index contributed by atoms with van der Waals surface area (Å²) in [5.41, 5.74) is 14.0. The molecule has 5 heteroatoms. The van der Waals surface area contributed by atoms with E-state index in [0.717, 1.165) is 55.8 Å². The van der Waals surface area contributed by atoms with Gasteiger partial charge in [-0.1, -0.05) is 101 Å². The van der Waals surface area contributed by atoms with Crippen molar-refractivity contribution in [1.82, 2.24) is 19.9 Å². The first kappa shape index (κ1) is 36.4. The zero-order chi connectivity index (χ0) is 34.6. The van der Waals surface area contributed by atoms with E-state index in [-0.39, 0.29) is 30.9 Å². The van der Waals surface area contributed by atoms with Crippen molar-refractivity contribution < 1.29 is 20.1 Å². The van der Waals surface area contributed by atoms with Crippen molar-refractivity contribution in [3.05, 3.63) is 157 Å². The second kappa shape index (κ2) is 15.4. The van der Waals surface area contributed by atoms with E-state index in [1.165, 1.54) is 16.7 Å². The summed E-state index contributed by atoms with van der Waals surface area (Å²) in [6.07, 6.45) is 7.25. The van der Waals surface area contributed by atoms with Crippen LogP contribution in [0, 0.1) is 19.1 Å². The van der Waals surface area contributed by atoms with Crippen LogP contribution in [0.3, 0.4) is 0 Å². The standard InChI is InChI=1S/C33H32N3.C12H10N.Ir/c1-32(2,3)25-12-8-10-23(20-25)28-14-13-27(30-31(28)36-18-17-35-30)22-9-7-11-24(19-22)29-21-26(15-16-34-29)33(4,5)6;1-10-7-8-13-12(9-10)11-5-3-2-4-6-11;/h7-10,12-21H,1-6H3;2-5,7-9H,1H3;/q2*-1;. The van der Waals surface area contributed by atoms with Crippen LogP contribution in [0.25, 0.3) is 55.8 Å². The average molecular weight is 831 g/mol. The number of rotatable bonds is 4. The van der Waals surface area contributed by atoms with Crippen LogP contribution in [0.2, 0.25) is 0 Å². The maximum absolute atomic E-state index is 4.78. The molecule has 0 aliphatic heterocycles. The van der Waals surface area contributed by atoms with Crippen LogP contribution < -0.4 is 0 Å². The van der Waals surface area contributed by atoms with Crippen molar-refractivity contribution in [2.24, 2.45) is 0 Å². The van der Waals surface area contributed by atoms with E-state index in [4.69, 9.17) is 9.97 Å². The fourth-order valence-corrected chi connectivity index (χ4v) is 5.74. The van der Waals surface area contributed by atoms with Crippen LogP contribution >= 0.6 is 0 Å². The molecular formula is C45H42IrN4-2. The van der Waals surface area contributed by atoms with Gasteiger partial charge in [-0.15, -0.1) is 65.7 Å². The summed E-state index contributed by atoms with van der Waals surface area (Å²) in [7, 11) is 0. The molecule has 0 atom stereocenters. The van der Waals surface area contributed by atoms with Gasteiger partial charge in [-0.3, -0.25) is 9.97 Å². The molecule has 7 rings (SSSR count). The van der Waals surface area contributed by atoms with Crippen LogP contribution in [0.5, 0.6) is 0 Å². The van der Waals surface area contributed by atoms with Gasteiger partial charge in [-0.05, 0) is 63.5 Å². The van der Waals surface area contributed by atoms with Gasteiger partial charge in [0.1, 0.15) is 0 Å². The molecule has 0 N–H and O–H groups in total. The van der Waals surface area contributed by atoms with Crippen molar-refractivity contribution in [1.29, 1.82) is 0 Å². The molecule has 0 saturated carbocycles. The van der Waals surface area contributed by atoms with Crippen molar-refractivity contribution in [2.75, 3.05) is 0 Å². The Bertz CT molecular complexity index is 2210. The summed E-state index contributed by atoms with van der Waals surface area (Å²) in [4.78, 5) is 18.5.